The van der Waals surface area contributed by atoms with E-state index in [4.69, 9.17) is 21.1 Å². The van der Waals surface area contributed by atoms with Crippen molar-refractivity contribution in [2.24, 2.45) is 5.10 Å². The van der Waals surface area contributed by atoms with Gasteiger partial charge in [-0.25, -0.2) is 5.43 Å². The van der Waals surface area contributed by atoms with Gasteiger partial charge in [0.05, 0.1) is 18.4 Å². The first kappa shape index (κ1) is 25.6. The van der Waals surface area contributed by atoms with Crippen LogP contribution in [0.3, 0.4) is 0 Å². The molecule has 0 aromatic heterocycles. The van der Waals surface area contributed by atoms with Crippen molar-refractivity contribution in [1.82, 2.24) is 5.43 Å². The van der Waals surface area contributed by atoms with E-state index < -0.39 is 17.6 Å². The molecule has 5 nitrogen and oxygen atoms in total. The molecule has 0 aliphatic carbocycles. The first-order valence-corrected chi connectivity index (χ1v) is 11.2. The number of alkyl halides is 3. The van der Waals surface area contributed by atoms with Crippen LogP contribution in [-0.4, -0.2) is 18.7 Å². The van der Waals surface area contributed by atoms with Crippen molar-refractivity contribution in [3.8, 4) is 11.5 Å². The molecule has 0 bridgehead atoms. The third-order valence-corrected chi connectivity index (χ3v) is 5.58. The number of rotatable bonds is 8. The van der Waals surface area contributed by atoms with E-state index in [1.54, 1.807) is 18.2 Å². The van der Waals surface area contributed by atoms with Crippen LogP contribution in [0.25, 0.3) is 0 Å². The van der Waals surface area contributed by atoms with Crippen LogP contribution < -0.4 is 14.9 Å². The summed E-state index contributed by atoms with van der Waals surface area (Å²) < 4.78 is 50.7. The van der Waals surface area contributed by atoms with Crippen LogP contribution in [0, 0.1) is 0 Å². The van der Waals surface area contributed by atoms with E-state index in [2.05, 4.69) is 26.5 Å². The molecule has 178 valence electrons. The first-order valence-electron chi connectivity index (χ1n) is 10.0. The van der Waals surface area contributed by atoms with E-state index >= 15 is 0 Å². The lowest BCUT2D eigenvalue weighted by Gasteiger charge is -2.14. The second-order valence-corrected chi connectivity index (χ2v) is 8.17. The summed E-state index contributed by atoms with van der Waals surface area (Å²) in [6, 6.07) is 14.8. The number of carbonyl (C=O) groups is 1. The maximum absolute atomic E-state index is 12.9. The normalized spacial score (nSPS) is 11.5. The van der Waals surface area contributed by atoms with Crippen molar-refractivity contribution in [2.45, 2.75) is 19.7 Å². The molecule has 0 unspecified atom stereocenters. The molecular weight excluding hydrogens is 537 g/mol. The van der Waals surface area contributed by atoms with Crippen molar-refractivity contribution in [1.29, 1.82) is 0 Å². The number of benzene rings is 3. The molecule has 3 rings (SSSR count). The lowest BCUT2D eigenvalue weighted by atomic mass is 10.1. The highest BCUT2D eigenvalue weighted by Gasteiger charge is 2.30. The second-order valence-electron chi connectivity index (χ2n) is 6.91. The highest BCUT2D eigenvalue weighted by Crippen LogP contribution is 2.34. The molecule has 34 heavy (non-hydrogen) atoms. The fraction of sp³-hybridized carbons (Fsp3) is 0.167. The zero-order chi connectivity index (χ0) is 24.7. The van der Waals surface area contributed by atoms with E-state index in [9.17, 15) is 18.0 Å². The molecule has 0 heterocycles. The van der Waals surface area contributed by atoms with E-state index in [1.807, 2.05) is 25.1 Å². The minimum absolute atomic E-state index is 0.163. The summed E-state index contributed by atoms with van der Waals surface area (Å²) in [5, 5.41) is 4.44. The van der Waals surface area contributed by atoms with Gasteiger partial charge in [0.25, 0.3) is 5.91 Å². The Morgan fingerprint density at radius 3 is 2.53 bits per heavy atom. The maximum Gasteiger partial charge on any atom is 0.416 e. The van der Waals surface area contributed by atoms with Gasteiger partial charge in [-0.15, -0.1) is 0 Å². The lowest BCUT2D eigenvalue weighted by Crippen LogP contribution is -2.18. The van der Waals surface area contributed by atoms with Crippen LogP contribution in [0.2, 0.25) is 5.02 Å². The minimum atomic E-state index is -4.55. The summed E-state index contributed by atoms with van der Waals surface area (Å²) in [7, 11) is 0. The Hall–Kier alpha value is -3.04. The summed E-state index contributed by atoms with van der Waals surface area (Å²) in [5.41, 5.74) is 2.51. The van der Waals surface area contributed by atoms with Gasteiger partial charge in [0.1, 0.15) is 6.61 Å². The number of ether oxygens (including phenoxy) is 2. The Kier molecular flexibility index (Phi) is 8.57. The molecule has 0 aliphatic rings. The summed E-state index contributed by atoms with van der Waals surface area (Å²) in [5.74, 6) is 0.144. The minimum Gasteiger partial charge on any atom is -0.490 e. The van der Waals surface area contributed by atoms with Crippen LogP contribution in [-0.2, 0) is 12.8 Å². The zero-order valence-electron chi connectivity index (χ0n) is 17.8. The number of carbonyl (C=O) groups excluding carboxylic acids is 1. The number of hydrazone groups is 1. The molecule has 0 spiro atoms. The van der Waals surface area contributed by atoms with Crippen LogP contribution in [0.5, 0.6) is 11.5 Å². The van der Waals surface area contributed by atoms with E-state index in [0.717, 1.165) is 23.8 Å². The number of hydrogen-bond donors (Lipinski definition) is 1. The molecule has 3 aromatic rings. The zero-order valence-corrected chi connectivity index (χ0v) is 20.2. The van der Waals surface area contributed by atoms with Gasteiger partial charge in [0.2, 0.25) is 0 Å². The summed E-state index contributed by atoms with van der Waals surface area (Å²) in [4.78, 5) is 12.2. The van der Waals surface area contributed by atoms with Gasteiger partial charge in [-0.05, 0) is 59.3 Å². The number of nitrogens with one attached hydrogen (secondary N) is 1. The Balaban J connectivity index is 1.73. The number of hydrogen-bond acceptors (Lipinski definition) is 4. The molecule has 10 heteroatoms. The molecule has 0 saturated carbocycles. The third kappa shape index (κ3) is 6.74. The fourth-order valence-corrected chi connectivity index (χ4v) is 3.48. The predicted molar refractivity (Wildman–Crippen MR) is 128 cm³/mol. The standard InChI is InChI=1S/C24H19BrClF3N2O3/c1-2-33-21-11-17(19(25)12-22(21)34-14-16-6-3-4-9-20(16)26)13-30-31-23(32)15-7-5-8-18(10-15)24(27,28)29/h3-13H,2,14H2,1H3,(H,31,32)/b30-13-. The molecule has 0 atom stereocenters. The molecule has 1 N–H and O–H groups in total. The highest BCUT2D eigenvalue weighted by molar-refractivity contribution is 9.10. The van der Waals surface area contributed by atoms with Gasteiger partial charge in [-0.3, -0.25) is 4.79 Å². The Morgan fingerprint density at radius 2 is 1.82 bits per heavy atom. The molecule has 1 amide bonds. The van der Waals surface area contributed by atoms with Crippen LogP contribution in [0.15, 0.2) is 70.2 Å². The molecule has 0 fully saturated rings. The lowest BCUT2D eigenvalue weighted by molar-refractivity contribution is -0.137. The average molecular weight is 556 g/mol. The largest absolute Gasteiger partial charge is 0.490 e. The molecule has 3 aromatic carbocycles. The Labute approximate surface area is 207 Å². The van der Waals surface area contributed by atoms with E-state index in [1.165, 1.54) is 12.3 Å². The number of nitrogens with zero attached hydrogens (tertiary/aromatic N) is 1. The first-order chi connectivity index (χ1) is 16.2. The van der Waals surface area contributed by atoms with Crippen LogP contribution >= 0.6 is 27.5 Å². The Bertz CT molecular complexity index is 1200. The van der Waals surface area contributed by atoms with Gasteiger partial charge in [-0.2, -0.15) is 18.3 Å². The number of amides is 1. The van der Waals surface area contributed by atoms with Gasteiger partial charge in [0.15, 0.2) is 11.5 Å². The SMILES string of the molecule is CCOc1cc(/C=N\NC(=O)c2cccc(C(F)(F)F)c2)c(Br)cc1OCc1ccccc1Cl. The predicted octanol–water partition coefficient (Wildman–Crippen LogP) is 6.86. The van der Waals surface area contributed by atoms with Crippen molar-refractivity contribution in [2.75, 3.05) is 6.61 Å². The second kappa shape index (κ2) is 11.4. The summed E-state index contributed by atoms with van der Waals surface area (Å²) in [6.45, 7) is 2.43. The topological polar surface area (TPSA) is 59.9 Å². The molecular formula is C24H19BrClF3N2O3. The molecule has 0 radical (unpaired) electrons. The van der Waals surface area contributed by atoms with Crippen LogP contribution in [0.1, 0.15) is 34.0 Å². The maximum atomic E-state index is 12.9. The Morgan fingerprint density at radius 1 is 1.09 bits per heavy atom. The average Bonchev–Trinajstić information content (AvgIpc) is 2.80. The fourth-order valence-electron chi connectivity index (χ4n) is 2.86. The van der Waals surface area contributed by atoms with Gasteiger partial charge in [0, 0.05) is 26.2 Å². The van der Waals surface area contributed by atoms with Gasteiger partial charge >= 0.3 is 6.18 Å². The van der Waals surface area contributed by atoms with Gasteiger partial charge < -0.3 is 9.47 Å². The third-order valence-electron chi connectivity index (χ3n) is 4.53. The van der Waals surface area contributed by atoms with Crippen LogP contribution in [0.4, 0.5) is 13.2 Å². The van der Waals surface area contributed by atoms with Crippen molar-refractivity contribution in [3.63, 3.8) is 0 Å². The van der Waals surface area contributed by atoms with E-state index in [0.29, 0.717) is 33.2 Å². The van der Waals surface area contributed by atoms with Crippen molar-refractivity contribution < 1.29 is 27.4 Å². The smallest absolute Gasteiger partial charge is 0.416 e. The monoisotopic (exact) mass is 554 g/mol. The number of halogens is 5. The van der Waals surface area contributed by atoms with E-state index in [-0.39, 0.29) is 12.2 Å². The summed E-state index contributed by atoms with van der Waals surface area (Å²) >= 11 is 9.60. The summed E-state index contributed by atoms with van der Waals surface area (Å²) in [6.07, 6.45) is -3.20. The molecule has 0 aliphatic heterocycles. The molecule has 0 saturated heterocycles. The van der Waals surface area contributed by atoms with Gasteiger partial charge in [-0.1, -0.05) is 35.9 Å². The van der Waals surface area contributed by atoms with Crippen molar-refractivity contribution >= 4 is 39.7 Å². The quantitative estimate of drug-likeness (QED) is 0.244. The van der Waals surface area contributed by atoms with Crippen molar-refractivity contribution in [3.05, 3.63) is 92.4 Å². The highest BCUT2D eigenvalue weighted by atomic mass is 79.9.